The molecule has 104 valence electrons. The summed E-state index contributed by atoms with van der Waals surface area (Å²) in [6.45, 7) is -0.484. The minimum Gasteiger partial charge on any atom is -0.546 e. The van der Waals surface area contributed by atoms with E-state index in [0.717, 1.165) is 22.2 Å². The van der Waals surface area contributed by atoms with Crippen molar-refractivity contribution >= 4 is 16.9 Å². The molecule has 0 N–H and O–H groups in total. The molecular weight excluding hydrogens is 266 g/mol. The summed E-state index contributed by atoms with van der Waals surface area (Å²) in [4.78, 5) is 15.2. The third-order valence-corrected chi connectivity index (χ3v) is 3.09. The lowest BCUT2D eigenvalue weighted by molar-refractivity contribution is -0.307. The predicted octanol–water partition coefficient (Wildman–Crippen LogP) is 2.03. The molecule has 0 aliphatic heterocycles. The molecule has 21 heavy (non-hydrogen) atoms. The molecule has 0 aliphatic rings. The Bertz CT molecular complexity index is 784. The second-order valence-corrected chi connectivity index (χ2v) is 4.55. The van der Waals surface area contributed by atoms with Gasteiger partial charge < -0.3 is 14.6 Å². The van der Waals surface area contributed by atoms with Crippen molar-refractivity contribution in [3.8, 4) is 17.0 Å². The second-order valence-electron chi connectivity index (χ2n) is 4.55. The van der Waals surface area contributed by atoms with Crippen molar-refractivity contribution in [2.45, 2.75) is 0 Å². The van der Waals surface area contributed by atoms with Gasteiger partial charge in [0.25, 0.3) is 0 Å². The maximum atomic E-state index is 10.6. The lowest BCUT2D eigenvalue weighted by Gasteiger charge is -2.12. The molecule has 1 aromatic heterocycles. The number of para-hydroxylation sites is 1. The van der Waals surface area contributed by atoms with E-state index in [0.29, 0.717) is 5.75 Å². The maximum Gasteiger partial charge on any atom is 0.131 e. The third kappa shape index (κ3) is 2.84. The monoisotopic (exact) mass is 278 g/mol. The molecule has 3 rings (SSSR count). The number of carboxylic acids is 1. The van der Waals surface area contributed by atoms with Crippen LogP contribution in [0.1, 0.15) is 0 Å². The van der Waals surface area contributed by atoms with E-state index in [9.17, 15) is 9.90 Å². The molecule has 0 radical (unpaired) electrons. The average molecular weight is 278 g/mol. The molecule has 3 aromatic rings. The first-order valence-electron chi connectivity index (χ1n) is 6.52. The van der Waals surface area contributed by atoms with Crippen LogP contribution in [-0.2, 0) is 4.79 Å². The van der Waals surface area contributed by atoms with Gasteiger partial charge in [-0.15, -0.1) is 0 Å². The number of carbonyl (C=O) groups is 1. The molecule has 2 aromatic carbocycles. The lowest BCUT2D eigenvalue weighted by atomic mass is 10.1. The van der Waals surface area contributed by atoms with E-state index < -0.39 is 12.6 Å². The number of carbonyl (C=O) groups excluding carboxylic acids is 1. The minimum absolute atomic E-state index is 0.484. The van der Waals surface area contributed by atoms with Gasteiger partial charge in [0.15, 0.2) is 0 Å². The first kappa shape index (κ1) is 13.1. The highest BCUT2D eigenvalue weighted by atomic mass is 16.5. The zero-order chi connectivity index (χ0) is 14.7. The van der Waals surface area contributed by atoms with Gasteiger partial charge in [-0.1, -0.05) is 42.5 Å². The Hall–Kier alpha value is -2.88. The fraction of sp³-hybridized carbons (Fsp3) is 0.0588. The van der Waals surface area contributed by atoms with Crippen LogP contribution in [0.4, 0.5) is 0 Å². The number of aliphatic carboxylic acids is 1. The summed E-state index contributed by atoms with van der Waals surface area (Å²) < 4.78 is 5.34. The quantitative estimate of drug-likeness (QED) is 0.732. The van der Waals surface area contributed by atoms with Gasteiger partial charge in [-0.2, -0.15) is 0 Å². The summed E-state index contributed by atoms with van der Waals surface area (Å²) in [6, 6.07) is 18.9. The van der Waals surface area contributed by atoms with E-state index in [1.807, 2.05) is 54.6 Å². The molecule has 0 spiro atoms. The Morgan fingerprint density at radius 2 is 1.76 bits per heavy atom. The summed E-state index contributed by atoms with van der Waals surface area (Å²) >= 11 is 0. The fourth-order valence-corrected chi connectivity index (χ4v) is 2.16. The minimum atomic E-state index is -1.25. The van der Waals surface area contributed by atoms with Crippen molar-refractivity contribution in [1.82, 2.24) is 4.98 Å². The third-order valence-electron chi connectivity index (χ3n) is 3.09. The summed E-state index contributed by atoms with van der Waals surface area (Å²) in [6.07, 6.45) is 0. The zero-order valence-corrected chi connectivity index (χ0v) is 11.2. The molecule has 0 amide bonds. The first-order chi connectivity index (χ1) is 10.2. The standard InChI is InChI=1S/C17H13NO3/c19-17(20)11-21-16-10-15(12-6-2-1-3-7-12)18-14-9-5-4-8-13(14)16/h1-10H,11H2,(H,19,20)/p-1. The number of hydrogen-bond donors (Lipinski definition) is 0. The molecule has 0 fully saturated rings. The van der Waals surface area contributed by atoms with Crippen molar-refractivity contribution in [3.63, 3.8) is 0 Å². The molecule has 0 aliphatic carbocycles. The van der Waals surface area contributed by atoms with Crippen LogP contribution in [-0.4, -0.2) is 17.6 Å². The van der Waals surface area contributed by atoms with Gasteiger partial charge in [-0.3, -0.25) is 0 Å². The lowest BCUT2D eigenvalue weighted by Crippen LogP contribution is -2.29. The van der Waals surface area contributed by atoms with Gasteiger partial charge in [0.1, 0.15) is 12.4 Å². The Labute approximate surface area is 121 Å². The van der Waals surface area contributed by atoms with Crippen molar-refractivity contribution in [1.29, 1.82) is 0 Å². The molecule has 1 heterocycles. The summed E-state index contributed by atoms with van der Waals surface area (Å²) in [5, 5.41) is 11.4. The van der Waals surface area contributed by atoms with E-state index in [4.69, 9.17) is 4.74 Å². The number of benzene rings is 2. The molecule has 0 saturated heterocycles. The van der Waals surface area contributed by atoms with Crippen LogP contribution in [0.25, 0.3) is 22.2 Å². The zero-order valence-electron chi connectivity index (χ0n) is 11.2. The molecule has 4 heteroatoms. The van der Waals surface area contributed by atoms with E-state index in [1.54, 1.807) is 6.07 Å². The number of ether oxygens (including phenoxy) is 1. The van der Waals surface area contributed by atoms with Crippen LogP contribution in [0.15, 0.2) is 60.7 Å². The number of pyridine rings is 1. The van der Waals surface area contributed by atoms with E-state index in [1.165, 1.54) is 0 Å². The molecular formula is C17H12NO3-. The van der Waals surface area contributed by atoms with Crippen molar-refractivity contribution < 1.29 is 14.6 Å². The van der Waals surface area contributed by atoms with Gasteiger partial charge in [0, 0.05) is 17.0 Å². The summed E-state index contributed by atoms with van der Waals surface area (Å²) in [5.74, 6) is -0.763. The maximum absolute atomic E-state index is 10.6. The highest BCUT2D eigenvalue weighted by Gasteiger charge is 2.08. The second kappa shape index (κ2) is 5.63. The average Bonchev–Trinajstić information content (AvgIpc) is 2.53. The van der Waals surface area contributed by atoms with Crippen molar-refractivity contribution in [2.75, 3.05) is 6.61 Å². The predicted molar refractivity (Wildman–Crippen MR) is 77.7 cm³/mol. The largest absolute Gasteiger partial charge is 0.546 e. The van der Waals surface area contributed by atoms with E-state index in [2.05, 4.69) is 4.98 Å². The number of fused-ring (bicyclic) bond motifs is 1. The molecule has 0 saturated carbocycles. The summed E-state index contributed by atoms with van der Waals surface area (Å²) in [5.41, 5.74) is 2.44. The summed E-state index contributed by atoms with van der Waals surface area (Å²) in [7, 11) is 0. The Morgan fingerprint density at radius 1 is 1.05 bits per heavy atom. The number of rotatable bonds is 4. The highest BCUT2D eigenvalue weighted by Crippen LogP contribution is 2.29. The number of carboxylic acid groups (broad SMARTS) is 1. The van der Waals surface area contributed by atoms with Crippen LogP contribution in [0.2, 0.25) is 0 Å². The van der Waals surface area contributed by atoms with Crippen molar-refractivity contribution in [2.24, 2.45) is 0 Å². The Morgan fingerprint density at radius 3 is 2.52 bits per heavy atom. The Kier molecular flexibility index (Phi) is 3.51. The topological polar surface area (TPSA) is 62.2 Å². The SMILES string of the molecule is O=C([O-])COc1cc(-c2ccccc2)nc2ccccc12. The van der Waals surface area contributed by atoms with Crippen molar-refractivity contribution in [3.05, 3.63) is 60.7 Å². The molecule has 4 nitrogen and oxygen atoms in total. The number of nitrogens with zero attached hydrogens (tertiary/aromatic N) is 1. The molecule has 0 unspecified atom stereocenters. The van der Waals surface area contributed by atoms with Crippen LogP contribution in [0.5, 0.6) is 5.75 Å². The van der Waals surface area contributed by atoms with Gasteiger partial charge in [0.2, 0.25) is 0 Å². The van der Waals surface area contributed by atoms with Crippen LogP contribution >= 0.6 is 0 Å². The first-order valence-corrected chi connectivity index (χ1v) is 6.52. The van der Waals surface area contributed by atoms with E-state index in [-0.39, 0.29) is 0 Å². The van der Waals surface area contributed by atoms with Crippen LogP contribution in [0.3, 0.4) is 0 Å². The number of hydrogen-bond acceptors (Lipinski definition) is 4. The molecule has 0 atom stereocenters. The molecule has 0 bridgehead atoms. The smallest absolute Gasteiger partial charge is 0.131 e. The van der Waals surface area contributed by atoms with Gasteiger partial charge in [0.05, 0.1) is 17.2 Å². The Balaban J connectivity index is 2.12. The van der Waals surface area contributed by atoms with Crippen LogP contribution in [0, 0.1) is 0 Å². The number of aromatic nitrogens is 1. The van der Waals surface area contributed by atoms with Gasteiger partial charge >= 0.3 is 0 Å². The fourth-order valence-electron chi connectivity index (χ4n) is 2.16. The van der Waals surface area contributed by atoms with Crippen LogP contribution < -0.4 is 9.84 Å². The van der Waals surface area contributed by atoms with Gasteiger partial charge in [-0.25, -0.2) is 4.98 Å². The van der Waals surface area contributed by atoms with E-state index >= 15 is 0 Å². The normalized spacial score (nSPS) is 10.5. The highest BCUT2D eigenvalue weighted by molar-refractivity contribution is 5.88. The van der Waals surface area contributed by atoms with Gasteiger partial charge in [-0.05, 0) is 12.1 Å².